The summed E-state index contributed by atoms with van der Waals surface area (Å²) in [5.74, 6) is 0.718. The standard InChI is InChI=1S/C15H17N7O3/c1-24-13-11(6-16-8-18-13)19-14-17-7-10-12(21-14)22(15(23)20-10)9-2-4-25-5-3-9/h6-9H,2-5H2,1H3,(H,20,23)(H,17,19,21). The van der Waals surface area contributed by atoms with Crippen LogP contribution in [-0.4, -0.2) is 49.8 Å². The molecule has 0 amide bonds. The van der Waals surface area contributed by atoms with Gasteiger partial charge in [-0.1, -0.05) is 0 Å². The molecule has 0 spiro atoms. The average Bonchev–Trinajstić information content (AvgIpc) is 2.98. The molecule has 0 aliphatic carbocycles. The predicted molar refractivity (Wildman–Crippen MR) is 89.1 cm³/mol. The van der Waals surface area contributed by atoms with E-state index in [1.54, 1.807) is 17.0 Å². The molecule has 2 N–H and O–H groups in total. The van der Waals surface area contributed by atoms with Gasteiger partial charge in [0.15, 0.2) is 5.65 Å². The monoisotopic (exact) mass is 343 g/mol. The zero-order valence-corrected chi connectivity index (χ0v) is 13.6. The molecule has 0 aromatic carbocycles. The molecule has 4 rings (SSSR count). The molecular weight excluding hydrogens is 326 g/mol. The smallest absolute Gasteiger partial charge is 0.327 e. The van der Waals surface area contributed by atoms with Crippen LogP contribution in [0, 0.1) is 0 Å². The molecule has 10 nitrogen and oxygen atoms in total. The molecule has 0 bridgehead atoms. The molecule has 0 radical (unpaired) electrons. The van der Waals surface area contributed by atoms with Crippen LogP contribution in [0.15, 0.2) is 23.5 Å². The first kappa shape index (κ1) is 15.5. The van der Waals surface area contributed by atoms with Gasteiger partial charge < -0.3 is 19.8 Å². The van der Waals surface area contributed by atoms with Crippen molar-refractivity contribution in [1.29, 1.82) is 0 Å². The Balaban J connectivity index is 1.73. The van der Waals surface area contributed by atoms with Gasteiger partial charge in [-0.3, -0.25) is 4.57 Å². The third-order valence-electron chi connectivity index (χ3n) is 4.13. The largest absolute Gasteiger partial charge is 0.479 e. The molecule has 25 heavy (non-hydrogen) atoms. The maximum absolute atomic E-state index is 12.3. The zero-order valence-electron chi connectivity index (χ0n) is 13.6. The number of rotatable bonds is 4. The van der Waals surface area contributed by atoms with Crippen LogP contribution in [0.4, 0.5) is 11.6 Å². The lowest BCUT2D eigenvalue weighted by Gasteiger charge is -2.22. The van der Waals surface area contributed by atoms with Crippen molar-refractivity contribution < 1.29 is 9.47 Å². The van der Waals surface area contributed by atoms with Crippen LogP contribution in [0.3, 0.4) is 0 Å². The first-order valence-corrected chi connectivity index (χ1v) is 7.92. The van der Waals surface area contributed by atoms with Gasteiger partial charge in [0.2, 0.25) is 11.8 Å². The summed E-state index contributed by atoms with van der Waals surface area (Å²) in [6.45, 7) is 1.27. The van der Waals surface area contributed by atoms with Crippen molar-refractivity contribution in [2.24, 2.45) is 0 Å². The fourth-order valence-corrected chi connectivity index (χ4v) is 2.95. The molecule has 0 saturated carbocycles. The minimum atomic E-state index is -0.186. The minimum Gasteiger partial charge on any atom is -0.479 e. The second kappa shape index (κ2) is 6.48. The van der Waals surface area contributed by atoms with Crippen molar-refractivity contribution in [2.75, 3.05) is 25.6 Å². The number of H-pyrrole nitrogens is 1. The molecule has 0 atom stereocenters. The van der Waals surface area contributed by atoms with Crippen LogP contribution in [0.5, 0.6) is 5.88 Å². The molecule has 0 unspecified atom stereocenters. The molecular formula is C15H17N7O3. The van der Waals surface area contributed by atoms with E-state index in [1.807, 2.05) is 0 Å². The van der Waals surface area contributed by atoms with E-state index in [2.05, 4.69) is 30.2 Å². The molecule has 3 aromatic rings. The lowest BCUT2D eigenvalue weighted by Crippen LogP contribution is -2.27. The molecule has 3 aromatic heterocycles. The summed E-state index contributed by atoms with van der Waals surface area (Å²) in [6, 6.07) is 0.0624. The second-order valence-electron chi connectivity index (χ2n) is 5.65. The maximum atomic E-state index is 12.3. The normalized spacial score (nSPS) is 15.4. The molecule has 1 aliphatic heterocycles. The van der Waals surface area contributed by atoms with Crippen molar-refractivity contribution in [3.63, 3.8) is 0 Å². The first-order chi connectivity index (χ1) is 12.3. The fourth-order valence-electron chi connectivity index (χ4n) is 2.95. The number of aromatic nitrogens is 6. The number of methoxy groups -OCH3 is 1. The van der Waals surface area contributed by atoms with E-state index in [0.717, 1.165) is 12.8 Å². The van der Waals surface area contributed by atoms with Gasteiger partial charge in [0.25, 0.3) is 0 Å². The van der Waals surface area contributed by atoms with Gasteiger partial charge in [0.1, 0.15) is 17.5 Å². The summed E-state index contributed by atoms with van der Waals surface area (Å²) in [4.78, 5) is 31.9. The fraction of sp³-hybridized carbons (Fsp3) is 0.400. The maximum Gasteiger partial charge on any atom is 0.327 e. The van der Waals surface area contributed by atoms with Crippen molar-refractivity contribution in [3.8, 4) is 5.88 Å². The molecule has 4 heterocycles. The van der Waals surface area contributed by atoms with E-state index in [4.69, 9.17) is 9.47 Å². The van der Waals surface area contributed by atoms with Crippen LogP contribution in [0.25, 0.3) is 11.2 Å². The zero-order chi connectivity index (χ0) is 17.2. The van der Waals surface area contributed by atoms with Crippen molar-refractivity contribution in [3.05, 3.63) is 29.2 Å². The number of aromatic amines is 1. The molecule has 130 valence electrons. The molecule has 10 heteroatoms. The average molecular weight is 343 g/mol. The summed E-state index contributed by atoms with van der Waals surface area (Å²) < 4.78 is 12.2. The quantitative estimate of drug-likeness (QED) is 0.720. The van der Waals surface area contributed by atoms with Crippen molar-refractivity contribution >= 4 is 22.8 Å². The highest BCUT2D eigenvalue weighted by atomic mass is 16.5. The summed E-state index contributed by atoms with van der Waals surface area (Å²) in [7, 11) is 1.52. The molecule has 1 saturated heterocycles. The van der Waals surface area contributed by atoms with E-state index in [0.29, 0.717) is 41.9 Å². The summed E-state index contributed by atoms with van der Waals surface area (Å²) >= 11 is 0. The van der Waals surface area contributed by atoms with E-state index < -0.39 is 0 Å². The van der Waals surface area contributed by atoms with Gasteiger partial charge >= 0.3 is 5.69 Å². The Morgan fingerprint density at radius 2 is 2.16 bits per heavy atom. The van der Waals surface area contributed by atoms with Crippen LogP contribution >= 0.6 is 0 Å². The van der Waals surface area contributed by atoms with E-state index in [9.17, 15) is 4.79 Å². The summed E-state index contributed by atoms with van der Waals surface area (Å²) in [5, 5.41) is 3.03. The number of imidazole rings is 1. The lowest BCUT2D eigenvalue weighted by atomic mass is 10.1. The SMILES string of the molecule is COc1ncncc1Nc1ncc2[nH]c(=O)n(C3CCOCC3)c2n1. The van der Waals surface area contributed by atoms with Crippen molar-refractivity contribution in [2.45, 2.75) is 18.9 Å². The minimum absolute atomic E-state index is 0.0624. The highest BCUT2D eigenvalue weighted by Crippen LogP contribution is 2.25. The van der Waals surface area contributed by atoms with Crippen LogP contribution < -0.4 is 15.7 Å². The number of nitrogens with zero attached hydrogens (tertiary/aromatic N) is 5. The van der Waals surface area contributed by atoms with Gasteiger partial charge in [0.05, 0.1) is 19.5 Å². The first-order valence-electron chi connectivity index (χ1n) is 7.92. The number of fused-ring (bicyclic) bond motifs is 1. The third-order valence-corrected chi connectivity index (χ3v) is 4.13. The van der Waals surface area contributed by atoms with E-state index in [-0.39, 0.29) is 11.7 Å². The number of hydrogen-bond acceptors (Lipinski definition) is 8. The Labute approximate surface area is 142 Å². The Bertz CT molecular complexity index is 946. The van der Waals surface area contributed by atoms with Gasteiger partial charge in [-0.25, -0.2) is 14.8 Å². The Kier molecular flexibility index (Phi) is 4.02. The van der Waals surface area contributed by atoms with Gasteiger partial charge in [-0.2, -0.15) is 9.97 Å². The molecule has 1 fully saturated rings. The lowest BCUT2D eigenvalue weighted by molar-refractivity contribution is 0.0697. The number of nitrogens with one attached hydrogen (secondary N) is 2. The topological polar surface area (TPSA) is 120 Å². The number of anilines is 2. The van der Waals surface area contributed by atoms with Gasteiger partial charge in [-0.05, 0) is 12.8 Å². The Hall–Kier alpha value is -3.01. The van der Waals surface area contributed by atoms with Gasteiger partial charge in [-0.15, -0.1) is 0 Å². The highest BCUT2D eigenvalue weighted by Gasteiger charge is 2.21. The Morgan fingerprint density at radius 3 is 2.96 bits per heavy atom. The van der Waals surface area contributed by atoms with Crippen LogP contribution in [0.2, 0.25) is 0 Å². The number of ether oxygens (including phenoxy) is 2. The third kappa shape index (κ3) is 2.91. The summed E-state index contributed by atoms with van der Waals surface area (Å²) in [6.07, 6.45) is 6.10. The second-order valence-corrected chi connectivity index (χ2v) is 5.65. The molecule has 1 aliphatic rings. The highest BCUT2D eigenvalue weighted by molar-refractivity contribution is 5.72. The van der Waals surface area contributed by atoms with E-state index in [1.165, 1.54) is 13.4 Å². The number of hydrogen-bond donors (Lipinski definition) is 2. The van der Waals surface area contributed by atoms with Gasteiger partial charge in [0, 0.05) is 19.3 Å². The Morgan fingerprint density at radius 1 is 1.32 bits per heavy atom. The van der Waals surface area contributed by atoms with Crippen molar-refractivity contribution in [1.82, 2.24) is 29.5 Å². The van der Waals surface area contributed by atoms with E-state index >= 15 is 0 Å². The van der Waals surface area contributed by atoms with Crippen LogP contribution in [-0.2, 0) is 4.74 Å². The predicted octanol–water partition coefficient (Wildman–Crippen LogP) is 1.01. The van der Waals surface area contributed by atoms with Crippen LogP contribution in [0.1, 0.15) is 18.9 Å². The summed E-state index contributed by atoms with van der Waals surface area (Å²) in [5.41, 5.74) is 1.51.